The summed E-state index contributed by atoms with van der Waals surface area (Å²) in [6.45, 7) is 10.2. The van der Waals surface area contributed by atoms with Crippen molar-refractivity contribution in [3.63, 3.8) is 0 Å². The molecule has 0 saturated carbocycles. The van der Waals surface area contributed by atoms with Crippen LogP contribution < -0.4 is 5.32 Å². The fourth-order valence-corrected chi connectivity index (χ4v) is 3.14. The molecule has 20 heavy (non-hydrogen) atoms. The van der Waals surface area contributed by atoms with Crippen molar-refractivity contribution in [1.29, 1.82) is 0 Å². The Hall–Kier alpha value is -1.35. The van der Waals surface area contributed by atoms with Crippen LogP contribution in [0.4, 0.5) is 0 Å². The van der Waals surface area contributed by atoms with Crippen molar-refractivity contribution >= 4 is 5.91 Å². The van der Waals surface area contributed by atoms with Gasteiger partial charge in [-0.25, -0.2) is 0 Å². The number of amides is 1. The van der Waals surface area contributed by atoms with Crippen molar-refractivity contribution in [3.8, 4) is 0 Å². The van der Waals surface area contributed by atoms with E-state index in [0.29, 0.717) is 0 Å². The molecule has 0 bridgehead atoms. The van der Waals surface area contributed by atoms with E-state index in [2.05, 4.69) is 29.3 Å². The Morgan fingerprint density at radius 2 is 1.70 bits per heavy atom. The fraction of sp³-hybridized carbons (Fsp3) is 0.588. The summed E-state index contributed by atoms with van der Waals surface area (Å²) in [6.07, 6.45) is 3.94. The van der Waals surface area contributed by atoms with Gasteiger partial charge in [0.15, 0.2) is 0 Å². The van der Waals surface area contributed by atoms with Crippen LogP contribution in [0, 0.1) is 20.8 Å². The molecule has 1 N–H and O–H groups in total. The average Bonchev–Trinajstić information content (AvgIpc) is 2.38. The number of benzene rings is 1. The lowest BCUT2D eigenvalue weighted by molar-refractivity contribution is 0.0945. The zero-order valence-electron chi connectivity index (χ0n) is 13.0. The molecule has 3 nitrogen and oxygen atoms in total. The van der Waals surface area contributed by atoms with Gasteiger partial charge in [-0.2, -0.15) is 0 Å². The van der Waals surface area contributed by atoms with Gasteiger partial charge in [0, 0.05) is 18.7 Å². The van der Waals surface area contributed by atoms with Gasteiger partial charge >= 0.3 is 0 Å². The molecule has 1 saturated heterocycles. The molecule has 3 heteroatoms. The summed E-state index contributed by atoms with van der Waals surface area (Å²) >= 11 is 0. The molecule has 0 aliphatic carbocycles. The smallest absolute Gasteiger partial charge is 0.251 e. The van der Waals surface area contributed by atoms with E-state index >= 15 is 0 Å². The van der Waals surface area contributed by atoms with Crippen LogP contribution >= 0.6 is 0 Å². The van der Waals surface area contributed by atoms with Crippen molar-refractivity contribution in [2.75, 3.05) is 26.2 Å². The van der Waals surface area contributed by atoms with E-state index in [1.54, 1.807) is 0 Å². The third-order valence-electron chi connectivity index (χ3n) is 4.07. The number of carbonyl (C=O) groups is 1. The van der Waals surface area contributed by atoms with Crippen LogP contribution in [0.1, 0.15) is 46.3 Å². The average molecular weight is 274 g/mol. The van der Waals surface area contributed by atoms with Gasteiger partial charge in [0.1, 0.15) is 0 Å². The Labute approximate surface area is 122 Å². The summed E-state index contributed by atoms with van der Waals surface area (Å²) in [5, 5.41) is 3.07. The monoisotopic (exact) mass is 274 g/mol. The van der Waals surface area contributed by atoms with E-state index in [1.807, 2.05) is 13.8 Å². The Morgan fingerprint density at radius 3 is 2.30 bits per heavy atom. The van der Waals surface area contributed by atoms with Crippen LogP contribution in [0.3, 0.4) is 0 Å². The lowest BCUT2D eigenvalue weighted by Gasteiger charge is -2.26. The first-order valence-corrected chi connectivity index (χ1v) is 7.66. The summed E-state index contributed by atoms with van der Waals surface area (Å²) in [7, 11) is 0. The largest absolute Gasteiger partial charge is 0.351 e. The first kappa shape index (κ1) is 15.0. The molecule has 0 spiro atoms. The molecule has 0 radical (unpaired) electrons. The molecule has 1 aliphatic rings. The number of likely N-dealkylation sites (tertiary alicyclic amines) is 1. The summed E-state index contributed by atoms with van der Waals surface area (Å²) in [5.41, 5.74) is 4.19. The Morgan fingerprint density at radius 1 is 1.10 bits per heavy atom. The zero-order valence-corrected chi connectivity index (χ0v) is 13.0. The second kappa shape index (κ2) is 6.89. The number of nitrogens with zero attached hydrogens (tertiary/aromatic N) is 1. The van der Waals surface area contributed by atoms with E-state index in [0.717, 1.165) is 29.8 Å². The van der Waals surface area contributed by atoms with Crippen molar-refractivity contribution in [1.82, 2.24) is 10.2 Å². The number of aryl methyl sites for hydroxylation is 3. The van der Waals surface area contributed by atoms with Gasteiger partial charge in [-0.05, 0) is 57.8 Å². The molecular weight excluding hydrogens is 248 g/mol. The van der Waals surface area contributed by atoms with Crippen molar-refractivity contribution < 1.29 is 4.79 Å². The molecule has 110 valence electrons. The lowest BCUT2D eigenvalue weighted by Crippen LogP contribution is -2.38. The molecule has 1 fully saturated rings. The lowest BCUT2D eigenvalue weighted by atomic mass is 9.99. The second-order valence-electron chi connectivity index (χ2n) is 5.93. The molecule has 0 atom stereocenters. The maximum absolute atomic E-state index is 12.3. The summed E-state index contributed by atoms with van der Waals surface area (Å²) < 4.78 is 0. The van der Waals surface area contributed by atoms with Gasteiger partial charge in [-0.15, -0.1) is 0 Å². The minimum absolute atomic E-state index is 0.0667. The topological polar surface area (TPSA) is 32.3 Å². The molecule has 1 aromatic rings. The van der Waals surface area contributed by atoms with Crippen molar-refractivity contribution in [2.24, 2.45) is 0 Å². The molecular formula is C17H26N2O. The van der Waals surface area contributed by atoms with E-state index < -0.39 is 0 Å². The number of hydrogen-bond acceptors (Lipinski definition) is 2. The minimum Gasteiger partial charge on any atom is -0.351 e. The fourth-order valence-electron chi connectivity index (χ4n) is 3.14. The Bertz CT molecular complexity index is 453. The minimum atomic E-state index is 0.0667. The summed E-state index contributed by atoms with van der Waals surface area (Å²) in [5.74, 6) is 0.0667. The molecule has 1 aromatic carbocycles. The van der Waals surface area contributed by atoms with Crippen molar-refractivity contribution in [2.45, 2.75) is 40.0 Å². The molecule has 2 rings (SSSR count). The SMILES string of the molecule is Cc1cc(C)c(C(=O)NCCN2CCCCC2)c(C)c1. The Kier molecular flexibility index (Phi) is 5.18. The standard InChI is InChI=1S/C17H26N2O/c1-13-11-14(2)16(15(3)12-13)17(20)18-7-10-19-8-5-4-6-9-19/h11-12H,4-10H2,1-3H3,(H,18,20). The van der Waals surface area contributed by atoms with Crippen LogP contribution in [0.5, 0.6) is 0 Å². The van der Waals surface area contributed by atoms with E-state index in [-0.39, 0.29) is 5.91 Å². The van der Waals surface area contributed by atoms with Crippen LogP contribution in [-0.4, -0.2) is 37.0 Å². The molecule has 1 heterocycles. The summed E-state index contributed by atoms with van der Waals surface area (Å²) in [6, 6.07) is 4.15. The predicted molar refractivity (Wildman–Crippen MR) is 83.3 cm³/mol. The Balaban J connectivity index is 1.88. The van der Waals surface area contributed by atoms with Gasteiger partial charge in [0.05, 0.1) is 0 Å². The van der Waals surface area contributed by atoms with Crippen molar-refractivity contribution in [3.05, 3.63) is 34.4 Å². The molecule has 1 aliphatic heterocycles. The number of carbonyl (C=O) groups excluding carboxylic acids is 1. The van der Waals surface area contributed by atoms with Gasteiger partial charge in [-0.3, -0.25) is 4.79 Å². The van der Waals surface area contributed by atoms with Crippen LogP contribution in [0.2, 0.25) is 0 Å². The van der Waals surface area contributed by atoms with Gasteiger partial charge in [0.2, 0.25) is 0 Å². The number of hydrogen-bond donors (Lipinski definition) is 1. The van der Waals surface area contributed by atoms with Gasteiger partial charge < -0.3 is 10.2 Å². The van der Waals surface area contributed by atoms with Gasteiger partial charge in [0.25, 0.3) is 5.91 Å². The first-order valence-electron chi connectivity index (χ1n) is 7.66. The van der Waals surface area contributed by atoms with E-state index in [4.69, 9.17) is 0 Å². The maximum Gasteiger partial charge on any atom is 0.251 e. The molecule has 0 unspecified atom stereocenters. The second-order valence-corrected chi connectivity index (χ2v) is 5.93. The zero-order chi connectivity index (χ0) is 14.5. The third kappa shape index (κ3) is 3.83. The highest BCUT2D eigenvalue weighted by Gasteiger charge is 2.14. The van der Waals surface area contributed by atoms with E-state index in [9.17, 15) is 4.79 Å². The highest BCUT2D eigenvalue weighted by Crippen LogP contribution is 2.16. The normalized spacial score (nSPS) is 16.1. The first-order chi connectivity index (χ1) is 9.58. The van der Waals surface area contributed by atoms with Crippen LogP contribution in [0.15, 0.2) is 12.1 Å². The molecule has 1 amide bonds. The highest BCUT2D eigenvalue weighted by atomic mass is 16.1. The quantitative estimate of drug-likeness (QED) is 0.915. The number of rotatable bonds is 4. The number of piperidine rings is 1. The van der Waals surface area contributed by atoms with Gasteiger partial charge in [-0.1, -0.05) is 24.1 Å². The van der Waals surface area contributed by atoms with E-state index in [1.165, 1.54) is 37.9 Å². The summed E-state index contributed by atoms with van der Waals surface area (Å²) in [4.78, 5) is 14.8. The maximum atomic E-state index is 12.3. The number of nitrogens with one attached hydrogen (secondary N) is 1. The van der Waals surface area contributed by atoms with Crippen LogP contribution in [-0.2, 0) is 0 Å². The highest BCUT2D eigenvalue weighted by molar-refractivity contribution is 5.97. The molecule has 0 aromatic heterocycles. The third-order valence-corrected chi connectivity index (χ3v) is 4.07. The van der Waals surface area contributed by atoms with Crippen LogP contribution in [0.25, 0.3) is 0 Å². The predicted octanol–water partition coefficient (Wildman–Crippen LogP) is 2.83.